The van der Waals surface area contributed by atoms with Gasteiger partial charge in [-0.05, 0) is 81.0 Å². The Morgan fingerprint density at radius 3 is 2.27 bits per heavy atom. The van der Waals surface area contributed by atoms with E-state index < -0.39 is 0 Å². The minimum atomic E-state index is -0.255. The number of hydrogen-bond donors (Lipinski definition) is 0. The standard InChI is InChI=1S/C35H44Cl4N6O4/c1-41(34(47)25-18-26(36)21-27(37)19-25)22-32(40-49-2)29(24-6-7-30(38)31(39)20-24)10-17-42-15-8-28(9-16-42)45-14-5-13-44(35(45)48)23-33(46)43-11-3-4-12-43/h6-7,18-21,28-29H,3-5,8-17,22-23H2,1-2H3/b40-32+. The molecule has 3 aliphatic heterocycles. The van der Waals surface area contributed by atoms with E-state index in [1.54, 1.807) is 41.1 Å². The van der Waals surface area contributed by atoms with Crippen LogP contribution in [0, 0.1) is 0 Å². The molecule has 3 fully saturated rings. The topological polar surface area (TPSA) is 89.0 Å². The first-order valence-electron chi connectivity index (χ1n) is 16.9. The number of hydrogen-bond acceptors (Lipinski definition) is 6. The average Bonchev–Trinajstić information content (AvgIpc) is 3.63. The van der Waals surface area contributed by atoms with Gasteiger partial charge in [-0.25, -0.2) is 4.79 Å². The third-order valence-electron chi connectivity index (χ3n) is 9.67. The Balaban J connectivity index is 1.22. The molecule has 5 rings (SSSR count). The molecule has 1 atom stereocenters. The van der Waals surface area contributed by atoms with Crippen LogP contribution in [0.5, 0.6) is 0 Å². The van der Waals surface area contributed by atoms with Crippen molar-refractivity contribution in [2.45, 2.75) is 50.5 Å². The Morgan fingerprint density at radius 2 is 1.61 bits per heavy atom. The second-order valence-electron chi connectivity index (χ2n) is 13.0. The molecule has 266 valence electrons. The summed E-state index contributed by atoms with van der Waals surface area (Å²) in [6, 6.07) is 10.4. The zero-order valence-electron chi connectivity index (χ0n) is 28.1. The number of rotatable bonds is 12. The molecule has 3 saturated heterocycles. The van der Waals surface area contributed by atoms with Crippen LogP contribution in [0.15, 0.2) is 41.6 Å². The second-order valence-corrected chi connectivity index (χ2v) is 14.7. The highest BCUT2D eigenvalue weighted by Gasteiger charge is 2.35. The van der Waals surface area contributed by atoms with Gasteiger partial charge in [-0.3, -0.25) is 9.59 Å². The molecule has 0 saturated carbocycles. The molecule has 0 radical (unpaired) electrons. The second kappa shape index (κ2) is 17.4. The molecule has 0 aromatic heterocycles. The molecule has 3 aliphatic rings. The van der Waals surface area contributed by atoms with E-state index in [9.17, 15) is 14.4 Å². The number of likely N-dealkylation sites (tertiary alicyclic amines) is 2. The van der Waals surface area contributed by atoms with Gasteiger partial charge in [0.25, 0.3) is 5.91 Å². The molecule has 10 nitrogen and oxygen atoms in total. The van der Waals surface area contributed by atoms with Crippen LogP contribution in [-0.2, 0) is 9.63 Å². The third kappa shape index (κ3) is 9.73. The van der Waals surface area contributed by atoms with E-state index in [-0.39, 0.29) is 42.9 Å². The van der Waals surface area contributed by atoms with Crippen LogP contribution in [0.4, 0.5) is 4.79 Å². The maximum atomic E-state index is 13.5. The Morgan fingerprint density at radius 1 is 0.918 bits per heavy atom. The first kappa shape index (κ1) is 37.5. The molecule has 0 aliphatic carbocycles. The van der Waals surface area contributed by atoms with Gasteiger partial charge in [0, 0.05) is 73.9 Å². The smallest absolute Gasteiger partial charge is 0.320 e. The molecule has 49 heavy (non-hydrogen) atoms. The number of amides is 4. The number of nitrogens with zero attached hydrogens (tertiary/aromatic N) is 6. The summed E-state index contributed by atoms with van der Waals surface area (Å²) in [7, 11) is 3.19. The van der Waals surface area contributed by atoms with Crippen molar-refractivity contribution in [3.8, 4) is 0 Å². The van der Waals surface area contributed by atoms with E-state index in [2.05, 4.69) is 10.1 Å². The van der Waals surface area contributed by atoms with Crippen LogP contribution in [-0.4, -0.2) is 127 Å². The SMILES string of the molecule is CO/N=C(\CN(C)C(=O)c1cc(Cl)cc(Cl)c1)C(CCN1CCC(N2CCCN(CC(=O)N3CCCC3)C2=O)CC1)c1ccc(Cl)c(Cl)c1. The van der Waals surface area contributed by atoms with Gasteiger partial charge >= 0.3 is 6.03 Å². The fraction of sp³-hybridized carbons (Fsp3) is 0.543. The monoisotopic (exact) mass is 752 g/mol. The van der Waals surface area contributed by atoms with Crippen LogP contribution in [0.2, 0.25) is 20.1 Å². The maximum absolute atomic E-state index is 13.5. The predicted molar refractivity (Wildman–Crippen MR) is 195 cm³/mol. The molecule has 3 heterocycles. The van der Waals surface area contributed by atoms with Crippen LogP contribution in [0.3, 0.4) is 0 Å². The summed E-state index contributed by atoms with van der Waals surface area (Å²) >= 11 is 25.1. The summed E-state index contributed by atoms with van der Waals surface area (Å²) in [5, 5.41) is 6.04. The molecule has 14 heteroatoms. The van der Waals surface area contributed by atoms with Gasteiger partial charge in [-0.2, -0.15) is 0 Å². The zero-order valence-corrected chi connectivity index (χ0v) is 31.1. The van der Waals surface area contributed by atoms with E-state index >= 15 is 0 Å². The molecule has 1 unspecified atom stereocenters. The minimum absolute atomic E-state index is 0.0175. The van der Waals surface area contributed by atoms with Crippen molar-refractivity contribution in [1.82, 2.24) is 24.5 Å². The van der Waals surface area contributed by atoms with Crippen molar-refractivity contribution in [3.63, 3.8) is 0 Å². The number of urea groups is 1. The third-order valence-corrected chi connectivity index (χ3v) is 10.8. The highest BCUT2D eigenvalue weighted by atomic mass is 35.5. The molecule has 0 bridgehead atoms. The molecule has 4 amide bonds. The van der Waals surface area contributed by atoms with Gasteiger partial charge in [0.1, 0.15) is 13.7 Å². The summed E-state index contributed by atoms with van der Waals surface area (Å²) in [6.45, 7) is 5.72. The minimum Gasteiger partial charge on any atom is -0.399 e. The highest BCUT2D eigenvalue weighted by molar-refractivity contribution is 6.42. The summed E-state index contributed by atoms with van der Waals surface area (Å²) in [4.78, 5) is 54.5. The number of carbonyl (C=O) groups is 3. The fourth-order valence-electron chi connectivity index (χ4n) is 7.07. The maximum Gasteiger partial charge on any atom is 0.320 e. The lowest BCUT2D eigenvalue weighted by molar-refractivity contribution is -0.131. The summed E-state index contributed by atoms with van der Waals surface area (Å²) in [5.41, 5.74) is 1.94. The van der Waals surface area contributed by atoms with Crippen LogP contribution in [0.1, 0.15) is 60.4 Å². The Labute approximate surface area is 308 Å². The van der Waals surface area contributed by atoms with Gasteiger partial charge in [0.15, 0.2) is 0 Å². The lowest BCUT2D eigenvalue weighted by atomic mass is 9.89. The van der Waals surface area contributed by atoms with Crippen molar-refractivity contribution in [1.29, 1.82) is 0 Å². The van der Waals surface area contributed by atoms with Crippen molar-refractivity contribution in [2.24, 2.45) is 5.16 Å². The first-order chi connectivity index (χ1) is 23.5. The van der Waals surface area contributed by atoms with E-state index in [0.717, 1.165) is 76.9 Å². The van der Waals surface area contributed by atoms with Gasteiger partial charge in [0.05, 0.1) is 22.3 Å². The molecular weight excluding hydrogens is 710 g/mol. The van der Waals surface area contributed by atoms with Crippen molar-refractivity contribution < 1.29 is 19.2 Å². The number of oxime groups is 1. The molecule has 0 N–H and O–H groups in total. The van der Waals surface area contributed by atoms with Crippen LogP contribution < -0.4 is 0 Å². The molecule has 2 aromatic rings. The lowest BCUT2D eigenvalue weighted by Crippen LogP contribution is -2.57. The number of piperidine rings is 1. The van der Waals surface area contributed by atoms with E-state index in [4.69, 9.17) is 51.2 Å². The predicted octanol–water partition coefficient (Wildman–Crippen LogP) is 6.76. The van der Waals surface area contributed by atoms with E-state index in [1.165, 1.54) is 7.11 Å². The van der Waals surface area contributed by atoms with Gasteiger partial charge in [-0.15, -0.1) is 0 Å². The van der Waals surface area contributed by atoms with E-state index in [1.807, 2.05) is 21.9 Å². The Hall–Kier alpha value is -2.76. The van der Waals surface area contributed by atoms with Gasteiger partial charge in [0.2, 0.25) is 5.91 Å². The van der Waals surface area contributed by atoms with Crippen molar-refractivity contribution in [2.75, 3.05) is 73.1 Å². The molecule has 2 aromatic carbocycles. The average molecular weight is 755 g/mol. The van der Waals surface area contributed by atoms with E-state index in [0.29, 0.717) is 44.3 Å². The van der Waals surface area contributed by atoms with Crippen LogP contribution in [0.25, 0.3) is 0 Å². The number of carbonyl (C=O) groups excluding carboxylic acids is 3. The fourth-order valence-corrected chi connectivity index (χ4v) is 7.91. The number of benzene rings is 2. The molecule has 0 spiro atoms. The Bertz CT molecular complexity index is 1510. The lowest BCUT2D eigenvalue weighted by Gasteiger charge is -2.43. The highest BCUT2D eigenvalue weighted by Crippen LogP contribution is 2.31. The van der Waals surface area contributed by atoms with Crippen molar-refractivity contribution >= 4 is 70.0 Å². The van der Waals surface area contributed by atoms with Gasteiger partial charge in [-0.1, -0.05) is 57.6 Å². The summed E-state index contributed by atoms with van der Waals surface area (Å²) in [5.74, 6) is -0.426. The van der Waals surface area contributed by atoms with Crippen molar-refractivity contribution in [3.05, 3.63) is 67.6 Å². The summed E-state index contributed by atoms with van der Waals surface area (Å²) < 4.78 is 0. The normalized spacial score (nSPS) is 18.6. The first-order valence-corrected chi connectivity index (χ1v) is 18.4. The largest absolute Gasteiger partial charge is 0.399 e. The van der Waals surface area contributed by atoms with Gasteiger partial charge < -0.3 is 29.3 Å². The molecular formula is C35H44Cl4N6O4. The number of halogens is 4. The zero-order chi connectivity index (χ0) is 35.1. The quantitative estimate of drug-likeness (QED) is 0.177. The summed E-state index contributed by atoms with van der Waals surface area (Å²) in [6.07, 6.45) is 5.34. The Kier molecular flexibility index (Phi) is 13.3. The van der Waals surface area contributed by atoms with Crippen LogP contribution >= 0.6 is 46.4 Å².